The Bertz CT molecular complexity index is 764. The molecule has 0 bridgehead atoms. The second-order valence-corrected chi connectivity index (χ2v) is 8.66. The van der Waals surface area contributed by atoms with Gasteiger partial charge in [-0.05, 0) is 56.5 Å². The molecule has 0 aliphatic heterocycles. The molecule has 0 saturated heterocycles. The van der Waals surface area contributed by atoms with Gasteiger partial charge in [0.15, 0.2) is 0 Å². The third-order valence-electron chi connectivity index (χ3n) is 4.75. The Labute approximate surface area is 160 Å². The smallest absolute Gasteiger partial charge is 0.241 e. The van der Waals surface area contributed by atoms with Gasteiger partial charge in [0.25, 0.3) is 0 Å². The summed E-state index contributed by atoms with van der Waals surface area (Å²) in [6, 6.07) is 4.82. The van der Waals surface area contributed by atoms with Gasteiger partial charge < -0.3 is 16.4 Å². The number of sulfonamides is 1. The van der Waals surface area contributed by atoms with E-state index in [0.29, 0.717) is 12.2 Å². The molecule has 1 saturated carbocycles. The van der Waals surface area contributed by atoms with Gasteiger partial charge in [0.05, 0.1) is 10.9 Å². The first-order valence-corrected chi connectivity index (χ1v) is 10.6. The minimum Gasteiger partial charge on any atom is -0.352 e. The van der Waals surface area contributed by atoms with Crippen LogP contribution in [0.4, 0.5) is 5.69 Å². The number of rotatable bonds is 7. The second kappa shape index (κ2) is 9.29. The van der Waals surface area contributed by atoms with Gasteiger partial charge in [-0.2, -0.15) is 4.72 Å². The lowest BCUT2D eigenvalue weighted by molar-refractivity contribution is -0.123. The first kappa shape index (κ1) is 21.3. The fourth-order valence-corrected chi connectivity index (χ4v) is 4.47. The molecule has 3 atom stereocenters. The van der Waals surface area contributed by atoms with Gasteiger partial charge in [0.1, 0.15) is 0 Å². The molecule has 9 heteroatoms. The van der Waals surface area contributed by atoms with Crippen molar-refractivity contribution in [3.8, 4) is 0 Å². The van der Waals surface area contributed by atoms with Gasteiger partial charge >= 0.3 is 0 Å². The van der Waals surface area contributed by atoms with Gasteiger partial charge in [0, 0.05) is 18.7 Å². The summed E-state index contributed by atoms with van der Waals surface area (Å²) in [7, 11) is -3.86. The minimum absolute atomic E-state index is 0.0138. The number of carbonyl (C=O) groups excluding carboxylic acids is 2. The van der Waals surface area contributed by atoms with E-state index < -0.39 is 16.1 Å². The van der Waals surface area contributed by atoms with Gasteiger partial charge in [-0.1, -0.05) is 12.8 Å². The standard InChI is InChI=1S/C18H28N4O4S/c1-12(18(24)21-17-6-4-3-5-14(17)11-19)22-27(25,26)16-9-7-15(8-10-16)20-13(2)23/h7-10,12,14,17,22H,3-6,11,19H2,1-2H3,(H,20,23)(H,21,24). The molecular weight excluding hydrogens is 368 g/mol. The summed E-state index contributed by atoms with van der Waals surface area (Å²) < 4.78 is 27.4. The molecule has 5 N–H and O–H groups in total. The minimum atomic E-state index is -3.86. The molecule has 2 amide bonds. The molecule has 0 radical (unpaired) electrons. The summed E-state index contributed by atoms with van der Waals surface area (Å²) in [4.78, 5) is 23.5. The van der Waals surface area contributed by atoms with E-state index in [-0.39, 0.29) is 28.7 Å². The molecule has 1 fully saturated rings. The van der Waals surface area contributed by atoms with Crippen LogP contribution in [0, 0.1) is 5.92 Å². The van der Waals surface area contributed by atoms with Crippen molar-refractivity contribution in [3.63, 3.8) is 0 Å². The van der Waals surface area contributed by atoms with E-state index in [1.807, 2.05) is 0 Å². The van der Waals surface area contributed by atoms with E-state index in [2.05, 4.69) is 15.4 Å². The number of hydrogen-bond donors (Lipinski definition) is 4. The molecule has 1 aliphatic carbocycles. The lowest BCUT2D eigenvalue weighted by atomic mass is 9.84. The topological polar surface area (TPSA) is 130 Å². The summed E-state index contributed by atoms with van der Waals surface area (Å²) >= 11 is 0. The van der Waals surface area contributed by atoms with E-state index >= 15 is 0 Å². The van der Waals surface area contributed by atoms with Crippen molar-refractivity contribution >= 4 is 27.5 Å². The van der Waals surface area contributed by atoms with Crippen LogP contribution in [0.25, 0.3) is 0 Å². The fourth-order valence-electron chi connectivity index (χ4n) is 3.26. The molecule has 27 heavy (non-hydrogen) atoms. The highest BCUT2D eigenvalue weighted by atomic mass is 32.2. The van der Waals surface area contributed by atoms with Crippen molar-refractivity contribution in [1.82, 2.24) is 10.0 Å². The van der Waals surface area contributed by atoms with E-state index in [9.17, 15) is 18.0 Å². The van der Waals surface area contributed by atoms with E-state index in [1.165, 1.54) is 38.1 Å². The van der Waals surface area contributed by atoms with E-state index in [0.717, 1.165) is 25.7 Å². The number of anilines is 1. The van der Waals surface area contributed by atoms with Crippen molar-refractivity contribution < 1.29 is 18.0 Å². The molecule has 0 aromatic heterocycles. The molecular formula is C18H28N4O4S. The predicted molar refractivity (Wildman–Crippen MR) is 103 cm³/mol. The van der Waals surface area contributed by atoms with Gasteiger partial charge in [0.2, 0.25) is 21.8 Å². The predicted octanol–water partition coefficient (Wildman–Crippen LogP) is 0.946. The number of benzene rings is 1. The molecule has 8 nitrogen and oxygen atoms in total. The van der Waals surface area contributed by atoms with Crippen LogP contribution < -0.4 is 21.1 Å². The van der Waals surface area contributed by atoms with Gasteiger partial charge in [-0.3, -0.25) is 9.59 Å². The van der Waals surface area contributed by atoms with Crippen molar-refractivity contribution in [2.75, 3.05) is 11.9 Å². The second-order valence-electron chi connectivity index (χ2n) is 6.94. The lowest BCUT2D eigenvalue weighted by Gasteiger charge is -2.32. The molecule has 1 aromatic carbocycles. The first-order chi connectivity index (χ1) is 12.7. The SMILES string of the molecule is CC(=O)Nc1ccc(S(=O)(=O)NC(C)C(=O)NC2CCCCC2CN)cc1. The van der Waals surface area contributed by atoms with Gasteiger partial charge in [-0.25, -0.2) is 8.42 Å². The number of amides is 2. The third-order valence-corrected chi connectivity index (χ3v) is 6.31. The highest BCUT2D eigenvalue weighted by Gasteiger charge is 2.28. The lowest BCUT2D eigenvalue weighted by Crippen LogP contribution is -2.51. The molecule has 0 heterocycles. The Morgan fingerprint density at radius 3 is 2.41 bits per heavy atom. The summed E-state index contributed by atoms with van der Waals surface area (Å²) in [6.07, 6.45) is 3.97. The average Bonchev–Trinajstić information content (AvgIpc) is 2.61. The highest BCUT2D eigenvalue weighted by molar-refractivity contribution is 7.89. The number of carbonyl (C=O) groups is 2. The summed E-state index contributed by atoms with van der Waals surface area (Å²) in [5.41, 5.74) is 6.27. The Hall–Kier alpha value is -1.97. The molecule has 3 unspecified atom stereocenters. The van der Waals surface area contributed by atoms with Crippen LogP contribution in [0.2, 0.25) is 0 Å². The summed E-state index contributed by atoms with van der Waals surface area (Å²) in [6.45, 7) is 3.39. The quantitative estimate of drug-likeness (QED) is 0.545. The van der Waals surface area contributed by atoms with Crippen LogP contribution in [0.1, 0.15) is 39.5 Å². The zero-order chi connectivity index (χ0) is 20.0. The van der Waals surface area contributed by atoms with Crippen molar-refractivity contribution in [1.29, 1.82) is 0 Å². The average molecular weight is 397 g/mol. The van der Waals surface area contributed by atoms with Crippen LogP contribution in [0.5, 0.6) is 0 Å². The van der Waals surface area contributed by atoms with E-state index in [4.69, 9.17) is 5.73 Å². The van der Waals surface area contributed by atoms with Crippen molar-refractivity contribution in [2.24, 2.45) is 11.7 Å². The molecule has 150 valence electrons. The maximum absolute atomic E-state index is 12.5. The normalized spacial score (nSPS) is 21.3. The van der Waals surface area contributed by atoms with Crippen molar-refractivity contribution in [2.45, 2.75) is 56.5 Å². The Balaban J connectivity index is 1.99. The maximum atomic E-state index is 12.5. The van der Waals surface area contributed by atoms with Crippen LogP contribution >= 0.6 is 0 Å². The van der Waals surface area contributed by atoms with Crippen LogP contribution in [0.15, 0.2) is 29.2 Å². The largest absolute Gasteiger partial charge is 0.352 e. The van der Waals surface area contributed by atoms with Gasteiger partial charge in [-0.15, -0.1) is 0 Å². The Kier molecular flexibility index (Phi) is 7.34. The monoisotopic (exact) mass is 396 g/mol. The summed E-state index contributed by atoms with van der Waals surface area (Å²) in [5, 5.41) is 5.50. The molecule has 2 rings (SSSR count). The zero-order valence-electron chi connectivity index (χ0n) is 15.7. The van der Waals surface area contributed by atoms with Crippen LogP contribution in [0.3, 0.4) is 0 Å². The first-order valence-electron chi connectivity index (χ1n) is 9.13. The number of hydrogen-bond acceptors (Lipinski definition) is 5. The zero-order valence-corrected chi connectivity index (χ0v) is 16.5. The Morgan fingerprint density at radius 1 is 1.19 bits per heavy atom. The molecule has 0 spiro atoms. The number of nitrogens with one attached hydrogen (secondary N) is 3. The summed E-state index contributed by atoms with van der Waals surface area (Å²) in [5.74, 6) is -0.376. The van der Waals surface area contributed by atoms with E-state index in [1.54, 1.807) is 0 Å². The van der Waals surface area contributed by atoms with Crippen LogP contribution in [-0.2, 0) is 19.6 Å². The van der Waals surface area contributed by atoms with Crippen LogP contribution in [-0.4, -0.2) is 38.9 Å². The van der Waals surface area contributed by atoms with Crippen molar-refractivity contribution in [3.05, 3.63) is 24.3 Å². The maximum Gasteiger partial charge on any atom is 0.241 e. The molecule has 1 aliphatic rings. The third kappa shape index (κ3) is 6.02. The number of nitrogens with two attached hydrogens (primary N) is 1. The Morgan fingerprint density at radius 2 is 1.81 bits per heavy atom. The fraction of sp³-hybridized carbons (Fsp3) is 0.556. The highest BCUT2D eigenvalue weighted by Crippen LogP contribution is 2.23. The molecule has 1 aromatic rings.